The maximum atomic E-state index is 13.2. The van der Waals surface area contributed by atoms with Gasteiger partial charge in [0.2, 0.25) is 0 Å². The van der Waals surface area contributed by atoms with Crippen LogP contribution in [-0.4, -0.2) is 95.3 Å². The highest BCUT2D eigenvalue weighted by Crippen LogP contribution is 2.32. The van der Waals surface area contributed by atoms with Gasteiger partial charge in [-0.05, 0) is 42.9 Å². The molecule has 0 atom stereocenters. The quantitative estimate of drug-likeness (QED) is 0.341. The van der Waals surface area contributed by atoms with Crippen molar-refractivity contribution < 1.29 is 42.1 Å². The van der Waals surface area contributed by atoms with Crippen LogP contribution in [-0.2, 0) is 31.7 Å². The van der Waals surface area contributed by atoms with Crippen molar-refractivity contribution in [1.29, 1.82) is 0 Å². The van der Waals surface area contributed by atoms with E-state index in [2.05, 4.69) is 20.6 Å². The number of carbonyl (C=O) groups excluding carboxylic acids is 1. The summed E-state index contributed by atoms with van der Waals surface area (Å²) in [6.07, 6.45) is -1.49. The van der Waals surface area contributed by atoms with Crippen molar-refractivity contribution in [1.82, 2.24) is 25.1 Å². The fraction of sp³-hybridized carbons (Fsp3) is 0.577. The molecule has 1 fully saturated rings. The van der Waals surface area contributed by atoms with Crippen molar-refractivity contribution in [3.63, 3.8) is 0 Å². The van der Waals surface area contributed by atoms with E-state index in [0.717, 1.165) is 23.1 Å². The van der Waals surface area contributed by atoms with Crippen LogP contribution in [0.4, 0.5) is 13.2 Å². The summed E-state index contributed by atoms with van der Waals surface area (Å²) in [5, 5.41) is 22.3. The largest absolute Gasteiger partial charge is 0.484 e. The molecule has 224 valence electrons. The number of aliphatic carboxylic acids is 1. The van der Waals surface area contributed by atoms with E-state index in [0.29, 0.717) is 76.2 Å². The van der Waals surface area contributed by atoms with Crippen LogP contribution < -0.4 is 10.1 Å². The van der Waals surface area contributed by atoms with Gasteiger partial charge < -0.3 is 29.5 Å². The molecule has 2 aromatic rings. The maximum absolute atomic E-state index is 13.2. The summed E-state index contributed by atoms with van der Waals surface area (Å²) in [6.45, 7) is 2.24. The molecule has 15 heteroatoms. The number of nitrogens with zero attached hydrogens (tertiary/aromatic N) is 5. The highest BCUT2D eigenvalue weighted by molar-refractivity contribution is 5.83. The first-order valence-corrected chi connectivity index (χ1v) is 13.4. The molecule has 0 saturated carbocycles. The monoisotopic (exact) mass is 582 g/mol. The van der Waals surface area contributed by atoms with Crippen LogP contribution in [0.2, 0.25) is 0 Å². The minimum Gasteiger partial charge on any atom is -0.484 e. The normalized spacial score (nSPS) is 15.8. The molecule has 3 heterocycles. The number of likely N-dealkylation sites (tertiary alicyclic amines) is 1. The average Bonchev–Trinajstić information content (AvgIpc) is 3.40. The zero-order valence-electron chi connectivity index (χ0n) is 22.4. The molecule has 0 radical (unpaired) electrons. The minimum absolute atomic E-state index is 0.132. The van der Waals surface area contributed by atoms with Gasteiger partial charge in [-0.2, -0.15) is 22.9 Å². The third-order valence-electron chi connectivity index (χ3n) is 6.70. The predicted octanol–water partition coefficient (Wildman–Crippen LogP) is 2.29. The van der Waals surface area contributed by atoms with Crippen LogP contribution in [0.15, 0.2) is 29.4 Å². The Morgan fingerprint density at radius 1 is 1.00 bits per heavy atom. The molecular formula is C26H33F3N6O6. The van der Waals surface area contributed by atoms with Crippen LogP contribution in [0.3, 0.4) is 0 Å². The first kappa shape index (κ1) is 30.2. The van der Waals surface area contributed by atoms with Crippen molar-refractivity contribution in [3.05, 3.63) is 41.5 Å². The predicted molar refractivity (Wildman–Crippen MR) is 139 cm³/mol. The second-order valence-electron chi connectivity index (χ2n) is 9.65. The lowest BCUT2D eigenvalue weighted by molar-refractivity contribution is -0.147. The average molecular weight is 583 g/mol. The Bertz CT molecular complexity index is 1200. The van der Waals surface area contributed by atoms with E-state index in [4.69, 9.17) is 19.3 Å². The van der Waals surface area contributed by atoms with E-state index >= 15 is 0 Å². The number of hydrogen-bond donors (Lipinski definition) is 2. The van der Waals surface area contributed by atoms with Gasteiger partial charge in [-0.25, -0.2) is 4.79 Å². The Hall–Kier alpha value is -3.72. The fourth-order valence-corrected chi connectivity index (χ4v) is 4.65. The zero-order valence-corrected chi connectivity index (χ0v) is 22.4. The summed E-state index contributed by atoms with van der Waals surface area (Å²) in [5.41, 5.74) is 1.14. The molecule has 0 bridgehead atoms. The summed E-state index contributed by atoms with van der Waals surface area (Å²) >= 11 is 0. The number of amidine groups is 1. The first-order chi connectivity index (χ1) is 19.7. The number of rotatable bonds is 13. The minimum atomic E-state index is -4.61. The van der Waals surface area contributed by atoms with Crippen molar-refractivity contribution in [2.75, 3.05) is 52.7 Å². The fourth-order valence-electron chi connectivity index (χ4n) is 4.65. The molecule has 1 amide bonds. The highest BCUT2D eigenvalue weighted by atomic mass is 19.4. The molecule has 12 nitrogen and oxygen atoms in total. The standard InChI is InChI=1S/C26H33F3N6O6/c27-26(28,29)25-32-31-21-6-7-22(33-35(21)25)34-11-8-19(9-12-34)18-2-4-20(5-3-18)41-16-23(36)30-10-15-39-13-1-14-40-17-24(37)38/h2-5,19H,1,6-17H2,(H,30,36)(H,37,38). The molecule has 0 unspecified atom stereocenters. The maximum Gasteiger partial charge on any atom is 0.453 e. The van der Waals surface area contributed by atoms with Gasteiger partial charge in [0.25, 0.3) is 11.7 Å². The molecule has 0 aliphatic carbocycles. The van der Waals surface area contributed by atoms with Crippen molar-refractivity contribution >= 4 is 17.7 Å². The number of piperidine rings is 1. The summed E-state index contributed by atoms with van der Waals surface area (Å²) in [6, 6.07) is 7.58. The third kappa shape index (κ3) is 8.88. The molecule has 2 N–H and O–H groups in total. The molecule has 41 heavy (non-hydrogen) atoms. The number of carboxylic acid groups (broad SMARTS) is 1. The lowest BCUT2D eigenvalue weighted by Gasteiger charge is -2.35. The van der Waals surface area contributed by atoms with Crippen LogP contribution in [0.25, 0.3) is 0 Å². The third-order valence-corrected chi connectivity index (χ3v) is 6.70. The van der Waals surface area contributed by atoms with Crippen LogP contribution >= 0.6 is 0 Å². The zero-order chi connectivity index (χ0) is 29.2. The first-order valence-electron chi connectivity index (χ1n) is 13.4. The van der Waals surface area contributed by atoms with Crippen molar-refractivity contribution in [3.8, 4) is 5.75 Å². The van der Waals surface area contributed by atoms with Gasteiger partial charge in [-0.3, -0.25) is 4.79 Å². The molecule has 1 saturated heterocycles. The number of amides is 1. The lowest BCUT2D eigenvalue weighted by atomic mass is 9.89. The van der Waals surface area contributed by atoms with E-state index in [1.807, 2.05) is 29.2 Å². The second kappa shape index (κ2) is 14.3. The van der Waals surface area contributed by atoms with E-state index in [1.165, 1.54) is 0 Å². The second-order valence-corrected chi connectivity index (χ2v) is 9.65. The van der Waals surface area contributed by atoms with Crippen molar-refractivity contribution in [2.45, 2.75) is 44.2 Å². The van der Waals surface area contributed by atoms with Gasteiger partial charge in [-0.1, -0.05) is 12.1 Å². The van der Waals surface area contributed by atoms with Crippen LogP contribution in [0, 0.1) is 0 Å². The summed E-state index contributed by atoms with van der Waals surface area (Å²) in [7, 11) is 0. The molecule has 0 spiro atoms. The van der Waals surface area contributed by atoms with Crippen LogP contribution in [0.1, 0.15) is 48.8 Å². The number of fused-ring (bicyclic) bond motifs is 1. The van der Waals surface area contributed by atoms with E-state index in [9.17, 15) is 22.8 Å². The van der Waals surface area contributed by atoms with Gasteiger partial charge >= 0.3 is 12.1 Å². The summed E-state index contributed by atoms with van der Waals surface area (Å²) in [4.78, 5) is 24.4. The highest BCUT2D eigenvalue weighted by Gasteiger charge is 2.40. The Morgan fingerprint density at radius 2 is 1.73 bits per heavy atom. The number of carbonyl (C=O) groups is 2. The molecule has 4 rings (SSSR count). The van der Waals surface area contributed by atoms with Gasteiger partial charge in [0.15, 0.2) is 12.4 Å². The number of nitrogens with one attached hydrogen (secondary N) is 1. The van der Waals surface area contributed by atoms with Gasteiger partial charge in [0, 0.05) is 45.7 Å². The topological polar surface area (TPSA) is 140 Å². The number of hydrogen-bond acceptors (Lipinski definition) is 9. The SMILES string of the molecule is O=C(O)COCCCOCCNC(=O)COc1ccc(C2CCN(C3=Nn4c(nnc4C(F)(F)F)CC3)CC2)cc1. The molecular weight excluding hydrogens is 549 g/mol. The Labute approximate surface area is 234 Å². The van der Waals surface area contributed by atoms with E-state index in [1.54, 1.807) is 0 Å². The van der Waals surface area contributed by atoms with Crippen molar-refractivity contribution in [2.24, 2.45) is 5.10 Å². The van der Waals surface area contributed by atoms with E-state index < -0.39 is 18.0 Å². The number of carboxylic acids is 1. The van der Waals surface area contributed by atoms with Gasteiger partial charge in [-0.15, -0.1) is 10.2 Å². The number of alkyl halides is 3. The molecule has 2 aliphatic heterocycles. The number of benzene rings is 1. The lowest BCUT2D eigenvalue weighted by Crippen LogP contribution is -2.40. The summed E-state index contributed by atoms with van der Waals surface area (Å²) < 4.78 is 56.3. The van der Waals surface area contributed by atoms with Gasteiger partial charge in [0.1, 0.15) is 18.2 Å². The number of ether oxygens (including phenoxy) is 3. The molecule has 1 aromatic heterocycles. The van der Waals surface area contributed by atoms with E-state index in [-0.39, 0.29) is 24.9 Å². The molecule has 1 aromatic carbocycles. The summed E-state index contributed by atoms with van der Waals surface area (Å²) in [5.74, 6) is -0.672. The molecule has 2 aliphatic rings. The smallest absolute Gasteiger partial charge is 0.453 e. The Kier molecular flexibility index (Phi) is 10.5. The Balaban J connectivity index is 1.13. The number of aromatic nitrogens is 3. The number of halogens is 3. The van der Waals surface area contributed by atoms with Crippen LogP contribution in [0.5, 0.6) is 5.75 Å². The number of aryl methyl sites for hydroxylation is 1. The van der Waals surface area contributed by atoms with Gasteiger partial charge in [0.05, 0.1) is 6.61 Å². The Morgan fingerprint density at radius 3 is 2.44 bits per heavy atom.